The van der Waals surface area contributed by atoms with E-state index in [1.165, 1.54) is 99.8 Å². The van der Waals surface area contributed by atoms with Gasteiger partial charge >= 0.3 is 0 Å². The summed E-state index contributed by atoms with van der Waals surface area (Å²) in [6.07, 6.45) is 4.72. The molecule has 0 nitrogen and oxygen atoms in total. The average molecular weight is 633 g/mol. The highest BCUT2D eigenvalue weighted by Gasteiger charge is 2.28. The summed E-state index contributed by atoms with van der Waals surface area (Å²) in [4.78, 5) is 0. The lowest BCUT2D eigenvalue weighted by molar-refractivity contribution is 1.60. The number of rotatable bonds is 4. The van der Waals surface area contributed by atoms with E-state index in [0.717, 1.165) is 0 Å². The maximum Gasteiger partial charge on any atom is -0.00923 e. The summed E-state index contributed by atoms with van der Waals surface area (Å²) < 4.78 is 0. The predicted octanol–water partition coefficient (Wildman–Crippen LogP) is 13.3. The fraction of sp³-hybridized carbons (Fsp3) is 0. The van der Waals surface area contributed by atoms with Gasteiger partial charge in [-0.2, -0.15) is 0 Å². The van der Waals surface area contributed by atoms with Crippen molar-refractivity contribution in [3.8, 4) is 44.5 Å². The molecule has 8 aromatic rings. The van der Waals surface area contributed by atoms with Crippen LogP contribution in [0.1, 0.15) is 33.4 Å². The van der Waals surface area contributed by atoms with Crippen LogP contribution in [0, 0.1) is 0 Å². The third kappa shape index (κ3) is 4.77. The molecule has 0 heteroatoms. The van der Waals surface area contributed by atoms with Gasteiger partial charge in [0.05, 0.1) is 0 Å². The minimum Gasteiger partial charge on any atom is -0.0622 e. The Balaban J connectivity index is 1.18. The van der Waals surface area contributed by atoms with E-state index in [-0.39, 0.29) is 0 Å². The number of fused-ring (bicyclic) bond motifs is 7. The normalized spacial score (nSPS) is 14.1. The molecule has 2 aliphatic carbocycles. The molecule has 232 valence electrons. The third-order valence-corrected chi connectivity index (χ3v) is 10.3. The van der Waals surface area contributed by atoms with Crippen LogP contribution in [0.25, 0.3) is 78.6 Å². The van der Waals surface area contributed by atoms with Crippen molar-refractivity contribution in [1.82, 2.24) is 0 Å². The van der Waals surface area contributed by atoms with Gasteiger partial charge in [-0.25, -0.2) is 0 Å². The summed E-state index contributed by atoms with van der Waals surface area (Å²) in [5.41, 5.74) is 20.2. The van der Waals surface area contributed by atoms with Crippen LogP contribution in [0.3, 0.4) is 0 Å². The summed E-state index contributed by atoms with van der Waals surface area (Å²) in [6, 6.07) is 66.5. The van der Waals surface area contributed by atoms with E-state index < -0.39 is 0 Å². The Bertz CT molecular complexity index is 2450. The van der Waals surface area contributed by atoms with Crippen LogP contribution >= 0.6 is 0 Å². The molecule has 8 aromatic carbocycles. The predicted molar refractivity (Wildman–Crippen MR) is 213 cm³/mol. The molecule has 0 radical (unpaired) electrons. The van der Waals surface area contributed by atoms with Crippen molar-refractivity contribution >= 4 is 34.1 Å². The minimum atomic E-state index is 1.21. The fourth-order valence-electron chi connectivity index (χ4n) is 7.90. The van der Waals surface area contributed by atoms with Gasteiger partial charge in [0.25, 0.3) is 0 Å². The largest absolute Gasteiger partial charge is 0.0622 e. The number of benzene rings is 8. The first kappa shape index (κ1) is 28.5. The molecule has 0 aromatic heterocycles. The smallest absolute Gasteiger partial charge is 0.00923 e. The molecule has 0 saturated heterocycles. The third-order valence-electron chi connectivity index (χ3n) is 10.3. The summed E-state index contributed by atoms with van der Waals surface area (Å²) in [5, 5.41) is 2.52. The highest BCUT2D eigenvalue weighted by molar-refractivity contribution is 6.14. The van der Waals surface area contributed by atoms with Gasteiger partial charge in [-0.1, -0.05) is 146 Å². The molecule has 0 atom stereocenters. The zero-order valence-electron chi connectivity index (χ0n) is 27.5. The summed E-state index contributed by atoms with van der Waals surface area (Å²) in [5.74, 6) is 0. The SMILES string of the molecule is C(=C1c2cc(-c3ccccc3)ccc2-c2cc3cc4c(cc3cc21)-c1ccc(-c2ccccc2)cc1C4=Cc1ccccc1)c1ccccc1. The van der Waals surface area contributed by atoms with E-state index in [2.05, 4.69) is 194 Å². The van der Waals surface area contributed by atoms with Crippen LogP contribution in [0.15, 0.2) is 182 Å². The molecule has 0 unspecified atom stereocenters. The van der Waals surface area contributed by atoms with Gasteiger partial charge in [0.2, 0.25) is 0 Å². The maximum absolute atomic E-state index is 2.43. The van der Waals surface area contributed by atoms with Crippen molar-refractivity contribution in [1.29, 1.82) is 0 Å². The van der Waals surface area contributed by atoms with E-state index in [1.54, 1.807) is 0 Å². The molecule has 0 bridgehead atoms. The zero-order valence-corrected chi connectivity index (χ0v) is 27.5. The quantitative estimate of drug-likeness (QED) is 0.181. The van der Waals surface area contributed by atoms with Gasteiger partial charge in [-0.15, -0.1) is 0 Å². The van der Waals surface area contributed by atoms with Crippen molar-refractivity contribution in [3.05, 3.63) is 215 Å². The minimum absolute atomic E-state index is 1.21. The van der Waals surface area contributed by atoms with Gasteiger partial charge in [-0.05, 0) is 148 Å². The van der Waals surface area contributed by atoms with Crippen molar-refractivity contribution in [2.45, 2.75) is 0 Å². The molecule has 50 heavy (non-hydrogen) atoms. The Hall–Kier alpha value is -6.50. The Kier molecular flexibility index (Phi) is 6.60. The van der Waals surface area contributed by atoms with Gasteiger partial charge in [0, 0.05) is 0 Å². The lowest BCUT2D eigenvalue weighted by Gasteiger charge is -2.10. The zero-order chi connectivity index (χ0) is 33.0. The Morgan fingerprint density at radius 2 is 0.580 bits per heavy atom. The van der Waals surface area contributed by atoms with Gasteiger partial charge in [0.15, 0.2) is 0 Å². The van der Waals surface area contributed by atoms with Crippen LogP contribution in [0.5, 0.6) is 0 Å². The lowest BCUT2D eigenvalue weighted by Crippen LogP contribution is -1.87. The molecule has 0 aliphatic heterocycles. The lowest BCUT2D eigenvalue weighted by atomic mass is 9.94. The molecular weight excluding hydrogens is 601 g/mol. The first-order valence-electron chi connectivity index (χ1n) is 17.3. The van der Waals surface area contributed by atoms with Crippen LogP contribution in [0.2, 0.25) is 0 Å². The summed E-state index contributed by atoms with van der Waals surface area (Å²) >= 11 is 0. The second kappa shape index (κ2) is 11.6. The fourth-order valence-corrected chi connectivity index (χ4v) is 7.90. The van der Waals surface area contributed by atoms with Gasteiger partial charge in [0.1, 0.15) is 0 Å². The summed E-state index contributed by atoms with van der Waals surface area (Å²) in [6.45, 7) is 0. The van der Waals surface area contributed by atoms with Crippen molar-refractivity contribution in [3.63, 3.8) is 0 Å². The maximum atomic E-state index is 2.43. The molecule has 0 spiro atoms. The molecule has 10 rings (SSSR count). The molecule has 0 saturated carbocycles. The van der Waals surface area contributed by atoms with Crippen molar-refractivity contribution < 1.29 is 0 Å². The Labute approximate surface area is 293 Å². The molecule has 0 N–H and O–H groups in total. The summed E-state index contributed by atoms with van der Waals surface area (Å²) in [7, 11) is 0. The average Bonchev–Trinajstić information content (AvgIpc) is 3.64. The van der Waals surface area contributed by atoms with Crippen molar-refractivity contribution in [2.75, 3.05) is 0 Å². The molecule has 0 amide bonds. The van der Waals surface area contributed by atoms with E-state index in [1.807, 2.05) is 0 Å². The van der Waals surface area contributed by atoms with E-state index in [0.29, 0.717) is 0 Å². The standard InChI is InChI=1S/C50H32/c1-5-13-33(14-6-1)25-43-45-27-37(35-17-9-3-10-18-35)21-23-41(45)47-29-40-32-50-44(26-34-15-7-2-8-16-34)46-28-38(36-19-11-4-12-20-36)22-24-42(46)48(50)30-39(40)31-49(43)47/h1-32H. The Morgan fingerprint density at radius 3 is 0.980 bits per heavy atom. The second-order valence-corrected chi connectivity index (χ2v) is 13.3. The van der Waals surface area contributed by atoms with Gasteiger partial charge in [-0.3, -0.25) is 0 Å². The monoisotopic (exact) mass is 632 g/mol. The molecule has 2 aliphatic rings. The number of hydrogen-bond donors (Lipinski definition) is 0. The molecule has 0 heterocycles. The van der Waals surface area contributed by atoms with Crippen LogP contribution in [-0.4, -0.2) is 0 Å². The second-order valence-electron chi connectivity index (χ2n) is 13.3. The van der Waals surface area contributed by atoms with Crippen LogP contribution in [-0.2, 0) is 0 Å². The van der Waals surface area contributed by atoms with Crippen LogP contribution < -0.4 is 0 Å². The topological polar surface area (TPSA) is 0 Å². The van der Waals surface area contributed by atoms with E-state index >= 15 is 0 Å². The van der Waals surface area contributed by atoms with Crippen LogP contribution in [0.4, 0.5) is 0 Å². The molecular formula is C50H32. The first-order chi connectivity index (χ1) is 24.8. The van der Waals surface area contributed by atoms with Gasteiger partial charge < -0.3 is 0 Å². The number of hydrogen-bond acceptors (Lipinski definition) is 0. The highest BCUT2D eigenvalue weighted by atomic mass is 14.3. The van der Waals surface area contributed by atoms with Crippen molar-refractivity contribution in [2.24, 2.45) is 0 Å². The van der Waals surface area contributed by atoms with E-state index in [9.17, 15) is 0 Å². The Morgan fingerprint density at radius 1 is 0.240 bits per heavy atom. The first-order valence-corrected chi connectivity index (χ1v) is 17.3. The molecule has 0 fully saturated rings. The van der Waals surface area contributed by atoms with E-state index in [4.69, 9.17) is 0 Å². The highest BCUT2D eigenvalue weighted by Crippen LogP contribution is 2.51.